The van der Waals surface area contributed by atoms with Crippen molar-refractivity contribution in [2.75, 3.05) is 20.7 Å². The summed E-state index contributed by atoms with van der Waals surface area (Å²) in [6.45, 7) is 6.59. The maximum Gasteiger partial charge on any atom is 0.119 e. The number of methoxy groups -OCH3 is 1. The molecule has 1 aromatic rings. The maximum absolute atomic E-state index is 5.25. The van der Waals surface area contributed by atoms with Crippen molar-refractivity contribution in [2.24, 2.45) is 5.92 Å². The molecule has 0 fully saturated rings. The third-order valence-corrected chi connectivity index (χ3v) is 3.55. The summed E-state index contributed by atoms with van der Waals surface area (Å²) in [6, 6.07) is 6.11. The predicted octanol–water partition coefficient (Wildman–Crippen LogP) is 3.94. The highest BCUT2D eigenvalue weighted by molar-refractivity contribution is 9.10. The third kappa shape index (κ3) is 5.09. The van der Waals surface area contributed by atoms with Crippen molar-refractivity contribution < 1.29 is 4.74 Å². The van der Waals surface area contributed by atoms with Crippen LogP contribution in [0.1, 0.15) is 25.8 Å². The summed E-state index contributed by atoms with van der Waals surface area (Å²) in [6.07, 6.45) is 1.23. The topological polar surface area (TPSA) is 12.5 Å². The lowest BCUT2D eigenvalue weighted by molar-refractivity contribution is 0.302. The number of hydrogen-bond acceptors (Lipinski definition) is 2. The summed E-state index contributed by atoms with van der Waals surface area (Å²) in [5.74, 6) is 1.67. The summed E-state index contributed by atoms with van der Waals surface area (Å²) < 4.78 is 6.40. The van der Waals surface area contributed by atoms with Gasteiger partial charge >= 0.3 is 0 Å². The van der Waals surface area contributed by atoms with Gasteiger partial charge in [-0.15, -0.1) is 0 Å². The van der Waals surface area contributed by atoms with Crippen molar-refractivity contribution in [3.05, 3.63) is 28.2 Å². The molecule has 0 aliphatic carbocycles. The minimum Gasteiger partial charge on any atom is -0.497 e. The van der Waals surface area contributed by atoms with Gasteiger partial charge in [0.1, 0.15) is 5.75 Å². The molecule has 0 N–H and O–H groups in total. The van der Waals surface area contributed by atoms with Gasteiger partial charge in [-0.05, 0) is 49.7 Å². The second-order valence-electron chi connectivity index (χ2n) is 4.88. The van der Waals surface area contributed by atoms with Crippen LogP contribution in [0.3, 0.4) is 0 Å². The van der Waals surface area contributed by atoms with E-state index >= 15 is 0 Å². The maximum atomic E-state index is 5.25. The first-order valence-corrected chi connectivity index (χ1v) is 6.83. The van der Waals surface area contributed by atoms with Crippen LogP contribution in [0.25, 0.3) is 0 Å². The zero-order valence-corrected chi connectivity index (χ0v) is 12.8. The van der Waals surface area contributed by atoms with E-state index in [-0.39, 0.29) is 0 Å². The van der Waals surface area contributed by atoms with Crippen LogP contribution in [0, 0.1) is 5.92 Å². The number of halogens is 1. The van der Waals surface area contributed by atoms with Crippen molar-refractivity contribution >= 4 is 15.9 Å². The fourth-order valence-corrected chi connectivity index (χ4v) is 2.02. The zero-order valence-electron chi connectivity index (χ0n) is 11.2. The van der Waals surface area contributed by atoms with Gasteiger partial charge < -0.3 is 9.64 Å². The van der Waals surface area contributed by atoms with Gasteiger partial charge in [0.2, 0.25) is 0 Å². The van der Waals surface area contributed by atoms with E-state index in [1.165, 1.54) is 12.0 Å². The average molecular weight is 300 g/mol. The van der Waals surface area contributed by atoms with Crippen LogP contribution in [-0.4, -0.2) is 25.6 Å². The van der Waals surface area contributed by atoms with Crippen molar-refractivity contribution in [1.29, 1.82) is 0 Å². The molecule has 0 aliphatic rings. The monoisotopic (exact) mass is 299 g/mol. The fraction of sp³-hybridized carbons (Fsp3) is 0.571. The Morgan fingerprint density at radius 3 is 2.65 bits per heavy atom. The van der Waals surface area contributed by atoms with Gasteiger partial charge in [-0.1, -0.05) is 29.8 Å². The molecule has 1 aromatic carbocycles. The lowest BCUT2D eigenvalue weighted by Gasteiger charge is -2.19. The van der Waals surface area contributed by atoms with Crippen molar-refractivity contribution in [1.82, 2.24) is 4.90 Å². The van der Waals surface area contributed by atoms with Gasteiger partial charge in [0.25, 0.3) is 0 Å². The summed E-state index contributed by atoms with van der Waals surface area (Å²) in [5, 5.41) is 0. The van der Waals surface area contributed by atoms with E-state index in [0.717, 1.165) is 29.2 Å². The van der Waals surface area contributed by atoms with Crippen LogP contribution >= 0.6 is 15.9 Å². The number of nitrogens with zero attached hydrogens (tertiary/aromatic N) is 1. The van der Waals surface area contributed by atoms with Crippen LogP contribution in [0.15, 0.2) is 22.7 Å². The van der Waals surface area contributed by atoms with Gasteiger partial charge in [-0.25, -0.2) is 0 Å². The summed E-state index contributed by atoms with van der Waals surface area (Å²) in [7, 11) is 3.86. The molecule has 0 radical (unpaired) electrons. The molecule has 0 atom stereocenters. The Hall–Kier alpha value is -0.540. The molecule has 0 aromatic heterocycles. The van der Waals surface area contributed by atoms with Gasteiger partial charge in [-0.3, -0.25) is 0 Å². The van der Waals surface area contributed by atoms with E-state index in [9.17, 15) is 0 Å². The van der Waals surface area contributed by atoms with Crippen LogP contribution in [0.4, 0.5) is 0 Å². The molecule has 0 unspecified atom stereocenters. The number of benzene rings is 1. The number of ether oxygens (including phenoxy) is 1. The lowest BCUT2D eigenvalue weighted by atomic mass is 10.1. The first-order valence-electron chi connectivity index (χ1n) is 6.04. The molecule has 0 bridgehead atoms. The van der Waals surface area contributed by atoms with Crippen molar-refractivity contribution in [3.8, 4) is 5.75 Å². The van der Waals surface area contributed by atoms with E-state index in [2.05, 4.69) is 47.8 Å². The molecule has 1 rings (SSSR count). The second kappa shape index (κ2) is 7.02. The minimum atomic E-state index is 0.756. The summed E-state index contributed by atoms with van der Waals surface area (Å²) >= 11 is 3.59. The molecule has 0 aliphatic heterocycles. The number of hydrogen-bond donors (Lipinski definition) is 0. The number of rotatable bonds is 6. The Labute approximate surface area is 113 Å². The first-order chi connectivity index (χ1) is 8.02. The van der Waals surface area contributed by atoms with Gasteiger partial charge in [0.15, 0.2) is 0 Å². The fourth-order valence-electron chi connectivity index (χ4n) is 1.65. The molecule has 0 spiro atoms. The van der Waals surface area contributed by atoms with E-state index in [1.54, 1.807) is 7.11 Å². The van der Waals surface area contributed by atoms with Gasteiger partial charge in [0, 0.05) is 11.0 Å². The van der Waals surface area contributed by atoms with Crippen molar-refractivity contribution in [2.45, 2.75) is 26.8 Å². The molecule has 0 amide bonds. The molecule has 96 valence electrons. The normalized spacial score (nSPS) is 11.2. The predicted molar refractivity (Wildman–Crippen MR) is 76.5 cm³/mol. The Kier molecular flexibility index (Phi) is 6.00. The van der Waals surface area contributed by atoms with Crippen LogP contribution in [-0.2, 0) is 6.54 Å². The Morgan fingerprint density at radius 2 is 2.06 bits per heavy atom. The SMILES string of the molecule is COc1ccc(Br)c(CN(C)CCC(C)C)c1. The van der Waals surface area contributed by atoms with Crippen molar-refractivity contribution in [3.63, 3.8) is 0 Å². The van der Waals surface area contributed by atoms with Crippen LogP contribution in [0.2, 0.25) is 0 Å². The molecular weight excluding hydrogens is 278 g/mol. The van der Waals surface area contributed by atoms with Crippen LogP contribution < -0.4 is 4.74 Å². The highest BCUT2D eigenvalue weighted by Gasteiger charge is 2.06. The minimum absolute atomic E-state index is 0.756. The highest BCUT2D eigenvalue weighted by atomic mass is 79.9. The lowest BCUT2D eigenvalue weighted by Crippen LogP contribution is -2.20. The molecule has 2 nitrogen and oxygen atoms in total. The first kappa shape index (κ1) is 14.5. The molecule has 0 heterocycles. The molecule has 0 saturated heterocycles. The Morgan fingerprint density at radius 1 is 1.35 bits per heavy atom. The largest absolute Gasteiger partial charge is 0.497 e. The van der Waals surface area contributed by atoms with Gasteiger partial charge in [0.05, 0.1) is 7.11 Å². The van der Waals surface area contributed by atoms with E-state index < -0.39 is 0 Å². The molecule has 17 heavy (non-hydrogen) atoms. The zero-order chi connectivity index (χ0) is 12.8. The quantitative estimate of drug-likeness (QED) is 0.789. The van der Waals surface area contributed by atoms with E-state index in [4.69, 9.17) is 4.74 Å². The highest BCUT2D eigenvalue weighted by Crippen LogP contribution is 2.23. The standard InChI is InChI=1S/C14H22BrNO/c1-11(2)7-8-16(3)10-12-9-13(17-4)5-6-14(12)15/h5-6,9,11H,7-8,10H2,1-4H3. The third-order valence-electron chi connectivity index (χ3n) is 2.78. The Bertz CT molecular complexity index is 352. The second-order valence-corrected chi connectivity index (χ2v) is 5.73. The van der Waals surface area contributed by atoms with Crippen LogP contribution in [0.5, 0.6) is 5.75 Å². The molecule has 0 saturated carbocycles. The Balaban J connectivity index is 2.60. The molecule has 3 heteroatoms. The van der Waals surface area contributed by atoms with E-state index in [1.807, 2.05) is 12.1 Å². The summed E-state index contributed by atoms with van der Waals surface area (Å²) in [4.78, 5) is 2.35. The smallest absolute Gasteiger partial charge is 0.119 e. The summed E-state index contributed by atoms with van der Waals surface area (Å²) in [5.41, 5.74) is 1.27. The van der Waals surface area contributed by atoms with Gasteiger partial charge in [-0.2, -0.15) is 0 Å². The average Bonchev–Trinajstić information content (AvgIpc) is 2.29. The van der Waals surface area contributed by atoms with E-state index in [0.29, 0.717) is 0 Å². The molecular formula is C14H22BrNO.